The van der Waals surface area contributed by atoms with Gasteiger partial charge in [0.15, 0.2) is 0 Å². The summed E-state index contributed by atoms with van der Waals surface area (Å²) in [6.07, 6.45) is 4.31. The van der Waals surface area contributed by atoms with Gasteiger partial charge in [-0.1, -0.05) is 18.9 Å². The van der Waals surface area contributed by atoms with Crippen LogP contribution in [0.25, 0.3) is 0 Å². The van der Waals surface area contributed by atoms with Crippen molar-refractivity contribution in [1.29, 1.82) is 0 Å². The fourth-order valence-electron chi connectivity index (χ4n) is 2.37. The Kier molecular flexibility index (Phi) is 4.04. The quantitative estimate of drug-likeness (QED) is 0.827. The Hall–Kier alpha value is -0.620. The standard InChI is InChI=1S/C13H17IN2O/c14-11-5-3-4-10(8-11)12(17)16-13(9-15)6-1-2-7-13/h3-5,8H,1-2,6-7,9,15H2,(H,16,17). The Morgan fingerprint density at radius 2 is 2.12 bits per heavy atom. The van der Waals surface area contributed by atoms with Crippen LogP contribution >= 0.6 is 22.6 Å². The van der Waals surface area contributed by atoms with E-state index < -0.39 is 0 Å². The van der Waals surface area contributed by atoms with Gasteiger partial charge in [-0.2, -0.15) is 0 Å². The third kappa shape index (κ3) is 2.98. The number of hydrogen-bond donors (Lipinski definition) is 2. The van der Waals surface area contributed by atoms with Crippen LogP contribution in [0.1, 0.15) is 36.0 Å². The molecule has 0 radical (unpaired) electrons. The number of rotatable bonds is 3. The topological polar surface area (TPSA) is 55.1 Å². The molecule has 1 aromatic carbocycles. The monoisotopic (exact) mass is 344 g/mol. The van der Waals surface area contributed by atoms with Crippen LogP contribution in [0.15, 0.2) is 24.3 Å². The van der Waals surface area contributed by atoms with E-state index in [-0.39, 0.29) is 11.4 Å². The summed E-state index contributed by atoms with van der Waals surface area (Å²) in [7, 11) is 0. The van der Waals surface area contributed by atoms with Crippen LogP contribution in [0.2, 0.25) is 0 Å². The van der Waals surface area contributed by atoms with E-state index in [0.717, 1.165) is 34.8 Å². The summed E-state index contributed by atoms with van der Waals surface area (Å²) in [6.45, 7) is 0.530. The molecule has 0 spiro atoms. The fourth-order valence-corrected chi connectivity index (χ4v) is 2.92. The van der Waals surface area contributed by atoms with Crippen LogP contribution in [0.4, 0.5) is 0 Å². The highest BCUT2D eigenvalue weighted by Crippen LogP contribution is 2.28. The highest BCUT2D eigenvalue weighted by molar-refractivity contribution is 14.1. The highest BCUT2D eigenvalue weighted by Gasteiger charge is 2.33. The molecule has 1 amide bonds. The lowest BCUT2D eigenvalue weighted by atomic mass is 9.97. The Bertz CT molecular complexity index is 414. The smallest absolute Gasteiger partial charge is 0.251 e. The number of carbonyl (C=O) groups excluding carboxylic acids is 1. The van der Waals surface area contributed by atoms with E-state index in [0.29, 0.717) is 6.54 Å². The van der Waals surface area contributed by atoms with Gasteiger partial charge in [-0.15, -0.1) is 0 Å². The van der Waals surface area contributed by atoms with Gasteiger partial charge in [-0.3, -0.25) is 4.79 Å². The largest absolute Gasteiger partial charge is 0.345 e. The fraction of sp³-hybridized carbons (Fsp3) is 0.462. The first-order valence-corrected chi connectivity index (χ1v) is 7.01. The first-order valence-electron chi connectivity index (χ1n) is 5.93. The first kappa shape index (κ1) is 12.8. The molecule has 1 saturated carbocycles. The molecular formula is C13H17IN2O. The minimum Gasteiger partial charge on any atom is -0.345 e. The predicted octanol–water partition coefficient (Wildman–Crippen LogP) is 2.29. The molecule has 2 rings (SSSR count). The number of hydrogen-bond acceptors (Lipinski definition) is 2. The number of nitrogens with two attached hydrogens (primary N) is 1. The van der Waals surface area contributed by atoms with Crippen molar-refractivity contribution in [3.05, 3.63) is 33.4 Å². The minimum absolute atomic E-state index is 0.00383. The summed E-state index contributed by atoms with van der Waals surface area (Å²) in [6, 6.07) is 7.62. The molecule has 4 heteroatoms. The maximum atomic E-state index is 12.1. The molecule has 0 atom stereocenters. The van der Waals surface area contributed by atoms with E-state index in [9.17, 15) is 4.79 Å². The van der Waals surface area contributed by atoms with Crippen LogP contribution in [0.5, 0.6) is 0 Å². The Balaban J connectivity index is 2.11. The lowest BCUT2D eigenvalue weighted by molar-refractivity contribution is 0.0903. The summed E-state index contributed by atoms with van der Waals surface area (Å²) < 4.78 is 1.07. The molecule has 1 aromatic rings. The van der Waals surface area contributed by atoms with Gasteiger partial charge in [0.25, 0.3) is 5.91 Å². The average molecular weight is 344 g/mol. The van der Waals surface area contributed by atoms with Crippen molar-refractivity contribution in [2.24, 2.45) is 5.73 Å². The minimum atomic E-state index is -0.168. The second kappa shape index (κ2) is 5.35. The lowest BCUT2D eigenvalue weighted by Crippen LogP contribution is -2.51. The molecule has 3 N–H and O–H groups in total. The van der Waals surface area contributed by atoms with Crippen LogP contribution in [-0.4, -0.2) is 18.0 Å². The van der Waals surface area contributed by atoms with Gasteiger partial charge in [-0.25, -0.2) is 0 Å². The summed E-state index contributed by atoms with van der Waals surface area (Å²) in [5.41, 5.74) is 6.36. The number of carbonyl (C=O) groups is 1. The van der Waals surface area contributed by atoms with Gasteiger partial charge >= 0.3 is 0 Å². The lowest BCUT2D eigenvalue weighted by Gasteiger charge is -2.28. The van der Waals surface area contributed by atoms with Gasteiger partial charge in [-0.05, 0) is 53.6 Å². The second-order valence-corrected chi connectivity index (χ2v) is 5.90. The number of benzene rings is 1. The van der Waals surface area contributed by atoms with Crippen molar-refractivity contribution < 1.29 is 4.79 Å². The van der Waals surface area contributed by atoms with E-state index in [1.807, 2.05) is 24.3 Å². The second-order valence-electron chi connectivity index (χ2n) is 4.66. The zero-order chi connectivity index (χ0) is 12.3. The van der Waals surface area contributed by atoms with Gasteiger partial charge in [0.2, 0.25) is 0 Å². The predicted molar refractivity (Wildman–Crippen MR) is 76.9 cm³/mol. The van der Waals surface area contributed by atoms with E-state index in [1.54, 1.807) is 0 Å². The maximum Gasteiger partial charge on any atom is 0.251 e. The first-order chi connectivity index (χ1) is 8.15. The molecule has 1 aliphatic carbocycles. The molecule has 0 unspecified atom stereocenters. The van der Waals surface area contributed by atoms with Gasteiger partial charge in [0.1, 0.15) is 0 Å². The zero-order valence-electron chi connectivity index (χ0n) is 9.71. The molecular weight excluding hydrogens is 327 g/mol. The van der Waals surface area contributed by atoms with Crippen LogP contribution in [0, 0.1) is 3.57 Å². The van der Waals surface area contributed by atoms with E-state index >= 15 is 0 Å². The highest BCUT2D eigenvalue weighted by atomic mass is 127. The summed E-state index contributed by atoms with van der Waals surface area (Å²) in [4.78, 5) is 12.1. The number of halogens is 1. The van der Waals surface area contributed by atoms with E-state index in [1.165, 1.54) is 0 Å². The Morgan fingerprint density at radius 1 is 1.41 bits per heavy atom. The molecule has 3 nitrogen and oxygen atoms in total. The third-order valence-corrected chi connectivity index (χ3v) is 4.09. The van der Waals surface area contributed by atoms with Gasteiger partial charge in [0, 0.05) is 15.7 Å². The Labute approximate surface area is 115 Å². The number of nitrogens with one attached hydrogen (secondary N) is 1. The van der Waals surface area contributed by atoms with Crippen molar-refractivity contribution in [1.82, 2.24) is 5.32 Å². The molecule has 0 aromatic heterocycles. The summed E-state index contributed by atoms with van der Waals surface area (Å²) >= 11 is 2.21. The Morgan fingerprint density at radius 3 is 2.71 bits per heavy atom. The molecule has 0 aliphatic heterocycles. The molecule has 1 fully saturated rings. The molecule has 1 aliphatic rings. The summed E-state index contributed by atoms with van der Waals surface area (Å²) in [5.74, 6) is -0.00383. The van der Waals surface area contributed by atoms with E-state index in [4.69, 9.17) is 5.73 Å². The van der Waals surface area contributed by atoms with Gasteiger partial charge in [0.05, 0.1) is 5.54 Å². The zero-order valence-corrected chi connectivity index (χ0v) is 11.9. The molecule has 17 heavy (non-hydrogen) atoms. The normalized spacial score (nSPS) is 18.0. The van der Waals surface area contributed by atoms with Crippen molar-refractivity contribution in [2.45, 2.75) is 31.2 Å². The van der Waals surface area contributed by atoms with Crippen molar-refractivity contribution >= 4 is 28.5 Å². The molecule has 92 valence electrons. The average Bonchev–Trinajstić information content (AvgIpc) is 2.78. The maximum absolute atomic E-state index is 12.1. The van der Waals surface area contributed by atoms with Crippen LogP contribution in [0.3, 0.4) is 0 Å². The molecule has 0 heterocycles. The molecule has 0 bridgehead atoms. The van der Waals surface area contributed by atoms with Crippen molar-refractivity contribution in [2.75, 3.05) is 6.54 Å². The number of amides is 1. The van der Waals surface area contributed by atoms with Crippen molar-refractivity contribution in [3.63, 3.8) is 0 Å². The third-order valence-electron chi connectivity index (χ3n) is 3.42. The van der Waals surface area contributed by atoms with Crippen LogP contribution < -0.4 is 11.1 Å². The van der Waals surface area contributed by atoms with E-state index in [2.05, 4.69) is 27.9 Å². The molecule has 0 saturated heterocycles. The van der Waals surface area contributed by atoms with Crippen molar-refractivity contribution in [3.8, 4) is 0 Å². The van der Waals surface area contributed by atoms with Gasteiger partial charge < -0.3 is 11.1 Å². The van der Waals surface area contributed by atoms with Crippen LogP contribution in [-0.2, 0) is 0 Å². The SMILES string of the molecule is NCC1(NC(=O)c2cccc(I)c2)CCCC1. The summed E-state index contributed by atoms with van der Waals surface area (Å²) in [5, 5.41) is 3.12.